The van der Waals surface area contributed by atoms with Crippen molar-refractivity contribution in [1.82, 2.24) is 20.1 Å². The normalized spacial score (nSPS) is 14.5. The number of nitrogens with zero attached hydrogens (tertiary/aromatic N) is 3. The van der Waals surface area contributed by atoms with E-state index in [0.717, 1.165) is 23.5 Å². The molecule has 1 aliphatic rings. The lowest BCUT2D eigenvalue weighted by Crippen LogP contribution is -2.30. The third-order valence-corrected chi connectivity index (χ3v) is 5.42. The Labute approximate surface area is 186 Å². The number of halogens is 1. The van der Waals surface area contributed by atoms with E-state index in [1.54, 1.807) is 30.7 Å². The molecule has 160 valence electrons. The number of ether oxygens (including phenoxy) is 1. The third-order valence-electron chi connectivity index (χ3n) is 5.07. The monoisotopic (exact) mass is 436 g/mol. The van der Waals surface area contributed by atoms with Gasteiger partial charge in [0.25, 0.3) is 5.91 Å². The van der Waals surface area contributed by atoms with Gasteiger partial charge in [-0.1, -0.05) is 29.8 Å². The summed E-state index contributed by atoms with van der Waals surface area (Å²) in [4.78, 5) is 16.1. The van der Waals surface area contributed by atoms with Crippen molar-refractivity contribution in [2.45, 2.75) is 32.4 Å². The lowest BCUT2D eigenvalue weighted by Gasteiger charge is -2.09. The molecule has 0 saturated heterocycles. The molecule has 1 aliphatic carbocycles. The number of aromatic nitrogens is 3. The van der Waals surface area contributed by atoms with Crippen LogP contribution in [0.25, 0.3) is 6.08 Å². The van der Waals surface area contributed by atoms with Crippen molar-refractivity contribution in [1.29, 1.82) is 0 Å². The highest BCUT2D eigenvalue weighted by Crippen LogP contribution is 2.30. The van der Waals surface area contributed by atoms with Gasteiger partial charge >= 0.3 is 0 Å². The van der Waals surface area contributed by atoms with Gasteiger partial charge in [0.15, 0.2) is 0 Å². The van der Waals surface area contributed by atoms with Gasteiger partial charge in [-0.2, -0.15) is 5.10 Å². The van der Waals surface area contributed by atoms with Gasteiger partial charge in [-0.3, -0.25) is 14.5 Å². The summed E-state index contributed by atoms with van der Waals surface area (Å²) in [7, 11) is 0. The van der Waals surface area contributed by atoms with Crippen LogP contribution in [0.4, 0.5) is 0 Å². The summed E-state index contributed by atoms with van der Waals surface area (Å²) < 4.78 is 7.62. The number of carbonyl (C=O) groups is 1. The molecule has 31 heavy (non-hydrogen) atoms. The molecule has 1 N–H and O–H groups in total. The van der Waals surface area contributed by atoms with Gasteiger partial charge in [-0.15, -0.1) is 0 Å². The fraction of sp³-hybridized carbons (Fsp3) is 0.292. The molecular formula is C24H25ClN4O2. The Morgan fingerprint density at radius 2 is 2.13 bits per heavy atom. The summed E-state index contributed by atoms with van der Waals surface area (Å²) in [5.41, 5.74) is 2.52. The van der Waals surface area contributed by atoms with Crippen LogP contribution in [0, 0.1) is 5.92 Å². The van der Waals surface area contributed by atoms with Crippen LogP contribution in [0.3, 0.4) is 0 Å². The fourth-order valence-corrected chi connectivity index (χ4v) is 3.30. The molecule has 0 bridgehead atoms. The zero-order chi connectivity index (χ0) is 21.6. The lowest BCUT2D eigenvalue weighted by atomic mass is 10.2. The second-order valence-electron chi connectivity index (χ2n) is 7.84. The van der Waals surface area contributed by atoms with E-state index in [2.05, 4.69) is 15.4 Å². The Bertz CT molecular complexity index is 1060. The second kappa shape index (κ2) is 9.79. The molecule has 1 amide bonds. The smallest absolute Gasteiger partial charge is 0.251 e. The summed E-state index contributed by atoms with van der Waals surface area (Å²) in [6.07, 6.45) is 13.3. The highest BCUT2D eigenvalue weighted by Gasteiger charge is 2.22. The predicted molar refractivity (Wildman–Crippen MR) is 121 cm³/mol. The predicted octanol–water partition coefficient (Wildman–Crippen LogP) is 4.60. The van der Waals surface area contributed by atoms with Crippen molar-refractivity contribution in [3.63, 3.8) is 0 Å². The van der Waals surface area contributed by atoms with Gasteiger partial charge in [0.05, 0.1) is 19.3 Å². The van der Waals surface area contributed by atoms with Gasteiger partial charge < -0.3 is 10.1 Å². The van der Waals surface area contributed by atoms with Gasteiger partial charge in [-0.05, 0) is 55.5 Å². The van der Waals surface area contributed by atoms with Gasteiger partial charge in [0.1, 0.15) is 5.75 Å². The first-order chi connectivity index (χ1) is 15.1. The average Bonchev–Trinajstić information content (AvgIpc) is 3.50. The Balaban J connectivity index is 1.31. The molecule has 1 aromatic carbocycles. The maximum Gasteiger partial charge on any atom is 0.251 e. The van der Waals surface area contributed by atoms with Crippen LogP contribution in [-0.2, 0) is 6.54 Å². The van der Waals surface area contributed by atoms with Crippen LogP contribution < -0.4 is 10.1 Å². The van der Waals surface area contributed by atoms with E-state index in [-0.39, 0.29) is 11.9 Å². The fourth-order valence-electron chi connectivity index (χ4n) is 3.07. The molecule has 3 aromatic rings. The van der Waals surface area contributed by atoms with Crippen molar-refractivity contribution in [3.8, 4) is 5.75 Å². The number of amides is 1. The van der Waals surface area contributed by atoms with Crippen molar-refractivity contribution < 1.29 is 9.53 Å². The third kappa shape index (κ3) is 6.18. The van der Waals surface area contributed by atoms with Crippen LogP contribution in [0.5, 0.6) is 5.75 Å². The van der Waals surface area contributed by atoms with E-state index in [9.17, 15) is 4.79 Å². The second-order valence-corrected chi connectivity index (χ2v) is 8.24. The largest absolute Gasteiger partial charge is 0.493 e. The molecule has 7 heteroatoms. The lowest BCUT2D eigenvalue weighted by molar-refractivity contribution is 0.0947. The molecule has 1 atom stereocenters. The number of nitrogens with one attached hydrogen (secondary N) is 1. The Morgan fingerprint density at radius 1 is 1.32 bits per heavy atom. The maximum absolute atomic E-state index is 12.2. The molecule has 0 spiro atoms. The number of benzene rings is 1. The molecule has 2 heterocycles. The number of rotatable bonds is 9. The highest BCUT2D eigenvalue weighted by atomic mass is 35.5. The van der Waals surface area contributed by atoms with E-state index in [0.29, 0.717) is 23.0 Å². The Kier molecular flexibility index (Phi) is 6.67. The first-order valence-electron chi connectivity index (χ1n) is 10.4. The molecule has 0 aliphatic heterocycles. The zero-order valence-corrected chi connectivity index (χ0v) is 18.1. The van der Waals surface area contributed by atoms with Gasteiger partial charge in [0, 0.05) is 40.8 Å². The topological polar surface area (TPSA) is 69.0 Å². The molecule has 1 fully saturated rings. The van der Waals surface area contributed by atoms with Crippen LogP contribution in [0.1, 0.15) is 41.3 Å². The number of pyridine rings is 1. The summed E-state index contributed by atoms with van der Waals surface area (Å²) in [6, 6.07) is 9.07. The molecule has 0 radical (unpaired) electrons. The van der Waals surface area contributed by atoms with Crippen LogP contribution in [0.15, 0.2) is 61.2 Å². The SMILES string of the molecule is C[C@@H](C=Cc1cnn(Cc2ccc(OCC3CC3)cc2Cl)c1)NC(=O)c1ccncc1. The minimum Gasteiger partial charge on any atom is -0.493 e. The van der Waals surface area contributed by atoms with Crippen molar-refractivity contribution in [3.05, 3.63) is 82.9 Å². The molecule has 4 rings (SSSR count). The number of carbonyl (C=O) groups excluding carboxylic acids is 1. The van der Waals surface area contributed by atoms with Crippen molar-refractivity contribution >= 4 is 23.6 Å². The summed E-state index contributed by atoms with van der Waals surface area (Å²) in [5.74, 6) is 1.39. The standard InChI is InChI=1S/C24H25ClN4O2/c1-17(28-24(30)20-8-10-26-11-9-20)2-3-19-13-27-29(14-19)15-21-6-7-22(12-23(21)25)31-16-18-4-5-18/h2-3,6-14,17-18H,4-5,15-16H2,1H3,(H,28,30)/t17-/m0/s1. The number of hydrogen-bond donors (Lipinski definition) is 1. The van der Waals surface area contributed by atoms with Crippen molar-refractivity contribution in [2.75, 3.05) is 6.61 Å². The quantitative estimate of drug-likeness (QED) is 0.532. The van der Waals surface area contributed by atoms with E-state index in [4.69, 9.17) is 16.3 Å². The van der Waals surface area contributed by atoms with E-state index in [1.807, 2.05) is 48.2 Å². The summed E-state index contributed by atoms with van der Waals surface area (Å²) >= 11 is 6.44. The Morgan fingerprint density at radius 3 is 2.87 bits per heavy atom. The summed E-state index contributed by atoms with van der Waals surface area (Å²) in [6.45, 7) is 3.27. The molecule has 0 unspecified atom stereocenters. The Hall–Kier alpha value is -3.12. The minimum absolute atomic E-state index is 0.123. The molecule has 2 aromatic heterocycles. The van der Waals surface area contributed by atoms with Crippen LogP contribution >= 0.6 is 11.6 Å². The van der Waals surface area contributed by atoms with Crippen molar-refractivity contribution in [2.24, 2.45) is 5.92 Å². The number of hydrogen-bond acceptors (Lipinski definition) is 4. The van der Waals surface area contributed by atoms with E-state index < -0.39 is 0 Å². The van der Waals surface area contributed by atoms with Gasteiger partial charge in [-0.25, -0.2) is 0 Å². The van der Waals surface area contributed by atoms with Crippen LogP contribution in [0.2, 0.25) is 5.02 Å². The minimum atomic E-state index is -0.130. The molecule has 6 nitrogen and oxygen atoms in total. The highest BCUT2D eigenvalue weighted by molar-refractivity contribution is 6.31. The van der Waals surface area contributed by atoms with Gasteiger partial charge in [0.2, 0.25) is 0 Å². The van der Waals surface area contributed by atoms with E-state index >= 15 is 0 Å². The average molecular weight is 437 g/mol. The molecule has 1 saturated carbocycles. The zero-order valence-electron chi connectivity index (χ0n) is 17.4. The van der Waals surface area contributed by atoms with Crippen LogP contribution in [-0.4, -0.2) is 33.3 Å². The first kappa shape index (κ1) is 21.1. The maximum atomic E-state index is 12.2. The first-order valence-corrected chi connectivity index (χ1v) is 10.8. The summed E-state index contributed by atoms with van der Waals surface area (Å²) in [5, 5.41) is 8.02. The molecular weight excluding hydrogens is 412 g/mol. The van der Waals surface area contributed by atoms with E-state index in [1.165, 1.54) is 12.8 Å².